The molecular formula is C20H22Cl4FN3. The molecule has 0 fully saturated rings. The van der Waals surface area contributed by atoms with Crippen LogP contribution in [-0.2, 0) is 6.54 Å². The van der Waals surface area contributed by atoms with Gasteiger partial charge in [0.2, 0.25) is 0 Å². The number of nitrogens with two attached hydrogens (primary N) is 1. The zero-order valence-corrected chi connectivity index (χ0v) is 18.5. The molecule has 0 spiro atoms. The van der Waals surface area contributed by atoms with Crippen LogP contribution in [0, 0.1) is 5.82 Å². The van der Waals surface area contributed by atoms with Crippen molar-refractivity contribution < 1.29 is 4.39 Å². The molecule has 1 atom stereocenters. The Morgan fingerprint density at radius 2 is 1.82 bits per heavy atom. The van der Waals surface area contributed by atoms with Gasteiger partial charge in [-0.05, 0) is 55.3 Å². The summed E-state index contributed by atoms with van der Waals surface area (Å²) >= 11 is 11.8. The Morgan fingerprint density at radius 3 is 2.50 bits per heavy atom. The van der Waals surface area contributed by atoms with Gasteiger partial charge in [-0.2, -0.15) is 0 Å². The smallest absolute Gasteiger partial charge is 0.142 e. The lowest BCUT2D eigenvalue weighted by atomic mass is 9.87. The Balaban J connectivity index is 0.00000196. The molecule has 28 heavy (non-hydrogen) atoms. The summed E-state index contributed by atoms with van der Waals surface area (Å²) in [6.07, 6.45) is 1.73. The number of nitrogens with zero attached hydrogens (tertiary/aromatic N) is 1. The maximum Gasteiger partial charge on any atom is 0.142 e. The minimum atomic E-state index is -0.440. The second kappa shape index (κ2) is 10.1. The van der Waals surface area contributed by atoms with E-state index in [0.717, 1.165) is 22.0 Å². The maximum absolute atomic E-state index is 13.6. The second-order valence-corrected chi connectivity index (χ2v) is 7.71. The van der Waals surface area contributed by atoms with E-state index in [1.807, 2.05) is 38.1 Å². The van der Waals surface area contributed by atoms with Gasteiger partial charge in [0.25, 0.3) is 0 Å². The zero-order valence-electron chi connectivity index (χ0n) is 15.4. The van der Waals surface area contributed by atoms with E-state index in [1.165, 1.54) is 6.07 Å². The van der Waals surface area contributed by atoms with Crippen molar-refractivity contribution in [3.63, 3.8) is 0 Å². The third kappa shape index (κ3) is 5.47. The summed E-state index contributed by atoms with van der Waals surface area (Å²) in [4.78, 5) is 4.36. The molecule has 3 nitrogen and oxygen atoms in total. The number of aromatic nitrogens is 1. The lowest BCUT2D eigenvalue weighted by Gasteiger charge is -2.34. The van der Waals surface area contributed by atoms with Crippen LogP contribution in [0.25, 0.3) is 10.9 Å². The van der Waals surface area contributed by atoms with Crippen LogP contribution >= 0.6 is 48.0 Å². The van der Waals surface area contributed by atoms with Crippen molar-refractivity contribution in [1.82, 2.24) is 10.3 Å². The van der Waals surface area contributed by atoms with E-state index < -0.39 is 11.4 Å². The van der Waals surface area contributed by atoms with Gasteiger partial charge in [0.15, 0.2) is 0 Å². The summed E-state index contributed by atoms with van der Waals surface area (Å²) in [6, 6.07) is 12.0. The fraction of sp³-hybridized carbons (Fsp3) is 0.250. The third-order valence-corrected chi connectivity index (χ3v) is 5.12. The molecule has 0 saturated heterocycles. The van der Waals surface area contributed by atoms with Crippen molar-refractivity contribution in [2.45, 2.75) is 32.0 Å². The number of hydrogen-bond acceptors (Lipinski definition) is 3. The third-order valence-electron chi connectivity index (χ3n) is 4.58. The number of rotatable bonds is 5. The molecule has 0 aliphatic carbocycles. The molecule has 0 amide bonds. The lowest BCUT2D eigenvalue weighted by Crippen LogP contribution is -2.48. The quantitative estimate of drug-likeness (QED) is 0.480. The molecule has 1 unspecified atom stereocenters. The van der Waals surface area contributed by atoms with Crippen molar-refractivity contribution >= 4 is 58.9 Å². The molecule has 3 rings (SSSR count). The first-order valence-corrected chi connectivity index (χ1v) is 9.02. The van der Waals surface area contributed by atoms with Gasteiger partial charge in [-0.25, -0.2) is 4.39 Å². The first-order chi connectivity index (χ1) is 12.3. The average Bonchev–Trinajstić information content (AvgIpc) is 2.61. The molecule has 8 heteroatoms. The molecule has 0 saturated carbocycles. The largest absolute Gasteiger partial charge is 0.322 e. The highest BCUT2D eigenvalue weighted by molar-refractivity contribution is 6.31. The summed E-state index contributed by atoms with van der Waals surface area (Å²) in [7, 11) is 0. The standard InChI is InChI=1S/C20H20Cl2FN3.2ClH/c1-20(2,26-11-12-3-6-16(22)17(23)9-12)19(24)15-7-8-25-18-10-13(21)4-5-14(15)18;;/h3-10,19,26H,11,24H2,1-2H3;2*1H. The predicted molar refractivity (Wildman–Crippen MR) is 121 cm³/mol. The van der Waals surface area contributed by atoms with Gasteiger partial charge in [-0.3, -0.25) is 4.98 Å². The Hall–Kier alpha value is -1.14. The molecule has 3 N–H and O–H groups in total. The van der Waals surface area contributed by atoms with Gasteiger partial charge in [0, 0.05) is 34.7 Å². The molecule has 0 radical (unpaired) electrons. The molecule has 1 aromatic heterocycles. The number of fused-ring (bicyclic) bond motifs is 1. The molecule has 0 aliphatic heterocycles. The van der Waals surface area contributed by atoms with E-state index in [1.54, 1.807) is 18.3 Å². The first-order valence-electron chi connectivity index (χ1n) is 8.26. The van der Waals surface area contributed by atoms with Crippen LogP contribution in [0.1, 0.15) is 31.0 Å². The summed E-state index contributed by atoms with van der Waals surface area (Å²) in [6.45, 7) is 4.52. The summed E-state index contributed by atoms with van der Waals surface area (Å²) in [5.74, 6) is -0.426. The molecule has 1 heterocycles. The fourth-order valence-corrected chi connectivity index (χ4v) is 3.18. The van der Waals surface area contributed by atoms with Crippen LogP contribution < -0.4 is 11.1 Å². The number of halogens is 5. The van der Waals surface area contributed by atoms with Crippen LogP contribution in [0.3, 0.4) is 0 Å². The van der Waals surface area contributed by atoms with Gasteiger partial charge in [0.1, 0.15) is 5.82 Å². The van der Waals surface area contributed by atoms with Gasteiger partial charge < -0.3 is 11.1 Å². The van der Waals surface area contributed by atoms with Gasteiger partial charge in [0.05, 0.1) is 10.5 Å². The van der Waals surface area contributed by atoms with E-state index >= 15 is 0 Å². The van der Waals surface area contributed by atoms with Crippen molar-refractivity contribution in [2.24, 2.45) is 5.73 Å². The number of benzene rings is 2. The van der Waals surface area contributed by atoms with E-state index in [2.05, 4.69) is 10.3 Å². The number of hydrogen-bond donors (Lipinski definition) is 2. The average molecular weight is 465 g/mol. The van der Waals surface area contributed by atoms with Crippen LogP contribution in [0.4, 0.5) is 4.39 Å². The van der Waals surface area contributed by atoms with Crippen LogP contribution in [0.2, 0.25) is 10.0 Å². The highest BCUT2D eigenvalue weighted by atomic mass is 35.5. The summed E-state index contributed by atoms with van der Waals surface area (Å²) in [5.41, 5.74) is 8.73. The molecule has 152 valence electrons. The number of nitrogens with one attached hydrogen (secondary N) is 1. The van der Waals surface area contributed by atoms with Crippen LogP contribution in [0.15, 0.2) is 48.7 Å². The van der Waals surface area contributed by atoms with E-state index in [0.29, 0.717) is 11.6 Å². The van der Waals surface area contributed by atoms with E-state index in [9.17, 15) is 4.39 Å². The van der Waals surface area contributed by atoms with Crippen molar-refractivity contribution in [3.8, 4) is 0 Å². The van der Waals surface area contributed by atoms with Crippen LogP contribution in [0.5, 0.6) is 0 Å². The Bertz CT molecular complexity index is 950. The normalized spacial score (nSPS) is 12.2. The maximum atomic E-state index is 13.6. The zero-order chi connectivity index (χ0) is 18.9. The van der Waals surface area contributed by atoms with Crippen LogP contribution in [-0.4, -0.2) is 10.5 Å². The van der Waals surface area contributed by atoms with E-state index in [-0.39, 0.29) is 35.9 Å². The Labute approximate surface area is 186 Å². The molecule has 0 bridgehead atoms. The highest BCUT2D eigenvalue weighted by Crippen LogP contribution is 2.30. The summed E-state index contributed by atoms with van der Waals surface area (Å²) < 4.78 is 13.6. The van der Waals surface area contributed by atoms with Gasteiger partial charge in [-0.15, -0.1) is 24.8 Å². The van der Waals surface area contributed by atoms with Crippen molar-refractivity contribution in [3.05, 3.63) is 75.7 Å². The minimum absolute atomic E-state index is 0. The lowest BCUT2D eigenvalue weighted by molar-refractivity contribution is 0.322. The van der Waals surface area contributed by atoms with Crippen molar-refractivity contribution in [1.29, 1.82) is 0 Å². The second-order valence-electron chi connectivity index (χ2n) is 6.86. The number of pyridine rings is 1. The molecule has 2 aromatic carbocycles. The predicted octanol–water partition coefficient (Wildman–Crippen LogP) is 6.09. The monoisotopic (exact) mass is 463 g/mol. The van der Waals surface area contributed by atoms with Gasteiger partial charge >= 0.3 is 0 Å². The highest BCUT2D eigenvalue weighted by Gasteiger charge is 2.28. The summed E-state index contributed by atoms with van der Waals surface area (Å²) in [5, 5.41) is 5.14. The van der Waals surface area contributed by atoms with Crippen molar-refractivity contribution in [2.75, 3.05) is 0 Å². The Morgan fingerprint density at radius 1 is 1.11 bits per heavy atom. The molecule has 0 aliphatic rings. The first kappa shape index (κ1) is 24.9. The Kier molecular flexibility index (Phi) is 8.94. The molecular weight excluding hydrogens is 443 g/mol. The topological polar surface area (TPSA) is 50.9 Å². The molecule has 3 aromatic rings. The van der Waals surface area contributed by atoms with E-state index in [4.69, 9.17) is 28.9 Å². The van der Waals surface area contributed by atoms with Gasteiger partial charge in [-0.1, -0.05) is 35.3 Å². The minimum Gasteiger partial charge on any atom is -0.322 e. The SMILES string of the molecule is CC(C)(NCc1ccc(Cl)c(F)c1)C(N)c1ccnc2cc(Cl)ccc12.Cl.Cl. The fourth-order valence-electron chi connectivity index (χ4n) is 2.89.